The van der Waals surface area contributed by atoms with Crippen LogP contribution in [0.4, 0.5) is 5.69 Å². The molecule has 9 heteroatoms. The molecule has 3 aromatic heterocycles. The van der Waals surface area contributed by atoms with Gasteiger partial charge in [-0.3, -0.25) is 14.2 Å². The number of nitrogens with one attached hydrogen (secondary N) is 1. The van der Waals surface area contributed by atoms with Crippen LogP contribution in [0.25, 0.3) is 21.6 Å². The molecule has 0 fully saturated rings. The molecule has 3 heterocycles. The maximum absolute atomic E-state index is 12.7. The lowest BCUT2D eigenvalue weighted by Crippen LogP contribution is -2.23. The van der Waals surface area contributed by atoms with Crippen molar-refractivity contribution in [2.45, 2.75) is 53.0 Å². The van der Waals surface area contributed by atoms with Gasteiger partial charge in [-0.25, -0.2) is 4.98 Å². The second-order valence-electron chi connectivity index (χ2n) is 8.76. The Labute approximate surface area is 189 Å². The molecule has 0 radical (unpaired) electrons. The molecule has 0 bridgehead atoms. The van der Waals surface area contributed by atoms with Crippen LogP contribution in [0.1, 0.15) is 43.5 Å². The summed E-state index contributed by atoms with van der Waals surface area (Å²) in [7, 11) is 0. The standard InChI is InChI=1S/C23H25N5O3S/c1-13-14(2)32-20-18(13)21(30)28(12-24-20)11-10-17(29)25-16-8-6-15(7-9-16)19-26-22(31-27-19)23(3,4)5/h6-9,12H,10-11H2,1-5H3,(H,25,29). The molecule has 0 spiro atoms. The van der Waals surface area contributed by atoms with E-state index in [0.717, 1.165) is 20.8 Å². The van der Waals surface area contributed by atoms with E-state index in [0.29, 0.717) is 22.8 Å². The van der Waals surface area contributed by atoms with Crippen LogP contribution in [0.3, 0.4) is 0 Å². The zero-order valence-corrected chi connectivity index (χ0v) is 19.5. The van der Waals surface area contributed by atoms with Gasteiger partial charge in [-0.2, -0.15) is 4.98 Å². The molecule has 0 atom stereocenters. The summed E-state index contributed by atoms with van der Waals surface area (Å²) < 4.78 is 6.83. The topological polar surface area (TPSA) is 103 Å². The number of thiophene rings is 1. The number of benzene rings is 1. The number of aryl methyl sites for hydroxylation is 3. The van der Waals surface area contributed by atoms with Gasteiger partial charge in [0.25, 0.3) is 5.56 Å². The van der Waals surface area contributed by atoms with E-state index in [1.807, 2.05) is 46.8 Å². The summed E-state index contributed by atoms with van der Waals surface area (Å²) in [4.78, 5) is 35.8. The Bertz CT molecular complexity index is 1340. The maximum Gasteiger partial charge on any atom is 0.262 e. The average Bonchev–Trinajstić information content (AvgIpc) is 3.34. The third-order valence-electron chi connectivity index (χ3n) is 5.23. The Kier molecular flexibility index (Phi) is 5.68. The highest BCUT2D eigenvalue weighted by Crippen LogP contribution is 2.26. The molecular weight excluding hydrogens is 426 g/mol. The number of amides is 1. The number of rotatable bonds is 5. The van der Waals surface area contributed by atoms with E-state index in [2.05, 4.69) is 20.4 Å². The smallest absolute Gasteiger partial charge is 0.262 e. The molecule has 8 nitrogen and oxygen atoms in total. The first-order chi connectivity index (χ1) is 15.1. The lowest BCUT2D eigenvalue weighted by molar-refractivity contribution is -0.116. The lowest BCUT2D eigenvalue weighted by atomic mass is 9.97. The molecule has 0 saturated carbocycles. The van der Waals surface area contributed by atoms with Gasteiger partial charge in [0.2, 0.25) is 17.6 Å². The molecule has 0 aliphatic carbocycles. The molecule has 1 aromatic carbocycles. The number of hydrogen-bond donors (Lipinski definition) is 1. The average molecular weight is 452 g/mol. The molecule has 0 saturated heterocycles. The number of anilines is 1. The van der Waals surface area contributed by atoms with E-state index < -0.39 is 0 Å². The summed E-state index contributed by atoms with van der Waals surface area (Å²) in [5.74, 6) is 0.896. The number of nitrogens with zero attached hydrogens (tertiary/aromatic N) is 4. The van der Waals surface area contributed by atoms with E-state index in [-0.39, 0.29) is 29.8 Å². The van der Waals surface area contributed by atoms with Crippen LogP contribution >= 0.6 is 11.3 Å². The van der Waals surface area contributed by atoms with Gasteiger partial charge in [0.1, 0.15) is 4.83 Å². The van der Waals surface area contributed by atoms with Crippen LogP contribution in [0.15, 0.2) is 39.9 Å². The highest BCUT2D eigenvalue weighted by molar-refractivity contribution is 7.18. The summed E-state index contributed by atoms with van der Waals surface area (Å²) in [6.07, 6.45) is 1.68. The van der Waals surface area contributed by atoms with Crippen LogP contribution in [0.5, 0.6) is 0 Å². The first kappa shape index (κ1) is 21.9. The van der Waals surface area contributed by atoms with Crippen molar-refractivity contribution in [3.63, 3.8) is 0 Å². The molecule has 0 aliphatic rings. The molecule has 1 amide bonds. The van der Waals surface area contributed by atoms with Crippen LogP contribution in [-0.4, -0.2) is 25.6 Å². The third-order valence-corrected chi connectivity index (χ3v) is 6.35. The van der Waals surface area contributed by atoms with Crippen molar-refractivity contribution in [3.8, 4) is 11.4 Å². The van der Waals surface area contributed by atoms with Gasteiger partial charge in [0, 0.05) is 34.5 Å². The van der Waals surface area contributed by atoms with Crippen LogP contribution < -0.4 is 10.9 Å². The van der Waals surface area contributed by atoms with Gasteiger partial charge in [-0.15, -0.1) is 11.3 Å². The summed E-state index contributed by atoms with van der Waals surface area (Å²) >= 11 is 1.51. The molecular formula is C23H25N5O3S. The highest BCUT2D eigenvalue weighted by Gasteiger charge is 2.22. The van der Waals surface area contributed by atoms with Gasteiger partial charge in [0.05, 0.1) is 11.7 Å². The largest absolute Gasteiger partial charge is 0.338 e. The molecule has 4 rings (SSSR count). The van der Waals surface area contributed by atoms with Crippen molar-refractivity contribution in [2.75, 3.05) is 5.32 Å². The Morgan fingerprint density at radius 1 is 1.19 bits per heavy atom. The highest BCUT2D eigenvalue weighted by atomic mass is 32.1. The van der Waals surface area contributed by atoms with E-state index in [1.165, 1.54) is 22.2 Å². The van der Waals surface area contributed by atoms with Gasteiger partial charge < -0.3 is 9.84 Å². The van der Waals surface area contributed by atoms with Crippen molar-refractivity contribution in [3.05, 3.63) is 57.3 Å². The zero-order valence-electron chi connectivity index (χ0n) is 18.7. The quantitative estimate of drug-likeness (QED) is 0.481. The van der Waals surface area contributed by atoms with Gasteiger partial charge in [0.15, 0.2) is 0 Å². The first-order valence-electron chi connectivity index (χ1n) is 10.3. The minimum absolute atomic E-state index is 0.108. The predicted molar refractivity (Wildman–Crippen MR) is 125 cm³/mol. The van der Waals surface area contributed by atoms with Crippen molar-refractivity contribution in [2.24, 2.45) is 0 Å². The zero-order chi connectivity index (χ0) is 23.0. The summed E-state index contributed by atoms with van der Waals surface area (Å²) in [6.45, 7) is 10.2. The van der Waals surface area contributed by atoms with Crippen molar-refractivity contribution in [1.29, 1.82) is 0 Å². The normalized spacial score (nSPS) is 11.8. The SMILES string of the molecule is Cc1sc2ncn(CCC(=O)Nc3ccc(-c4noc(C(C)(C)C)n4)cc3)c(=O)c2c1C. The third kappa shape index (κ3) is 4.34. The second-order valence-corrected chi connectivity index (χ2v) is 9.96. The van der Waals surface area contributed by atoms with Gasteiger partial charge in [-0.1, -0.05) is 25.9 Å². The Morgan fingerprint density at radius 3 is 2.56 bits per heavy atom. The van der Waals surface area contributed by atoms with Crippen LogP contribution in [0, 0.1) is 13.8 Å². The Morgan fingerprint density at radius 2 is 1.91 bits per heavy atom. The van der Waals surface area contributed by atoms with Crippen molar-refractivity contribution >= 4 is 33.1 Å². The molecule has 0 unspecified atom stereocenters. The molecule has 32 heavy (non-hydrogen) atoms. The molecule has 4 aromatic rings. The summed E-state index contributed by atoms with van der Waals surface area (Å²) in [5.41, 5.74) is 2.08. The fourth-order valence-corrected chi connectivity index (χ4v) is 4.21. The fourth-order valence-electron chi connectivity index (χ4n) is 3.22. The molecule has 1 N–H and O–H groups in total. The van der Waals surface area contributed by atoms with E-state index in [1.54, 1.807) is 12.1 Å². The maximum atomic E-state index is 12.7. The number of fused-ring (bicyclic) bond motifs is 1. The fraction of sp³-hybridized carbons (Fsp3) is 0.348. The van der Waals surface area contributed by atoms with E-state index >= 15 is 0 Å². The number of hydrogen-bond acceptors (Lipinski definition) is 7. The van der Waals surface area contributed by atoms with Crippen LogP contribution in [-0.2, 0) is 16.8 Å². The number of carbonyl (C=O) groups excluding carboxylic acids is 1. The Hall–Kier alpha value is -3.33. The van der Waals surface area contributed by atoms with Crippen molar-refractivity contribution < 1.29 is 9.32 Å². The monoisotopic (exact) mass is 451 g/mol. The predicted octanol–water partition coefficient (Wildman–Crippen LogP) is 4.45. The van der Waals surface area contributed by atoms with Crippen molar-refractivity contribution in [1.82, 2.24) is 19.7 Å². The van der Waals surface area contributed by atoms with Gasteiger partial charge in [-0.05, 0) is 43.7 Å². The minimum atomic E-state index is -0.220. The Balaban J connectivity index is 1.40. The van der Waals surface area contributed by atoms with Crippen LogP contribution in [0.2, 0.25) is 0 Å². The molecule has 0 aliphatic heterocycles. The molecule has 166 valence electrons. The first-order valence-corrected chi connectivity index (χ1v) is 11.1. The number of aromatic nitrogens is 4. The van der Waals surface area contributed by atoms with E-state index in [9.17, 15) is 9.59 Å². The number of carbonyl (C=O) groups is 1. The van der Waals surface area contributed by atoms with Gasteiger partial charge >= 0.3 is 0 Å². The minimum Gasteiger partial charge on any atom is -0.338 e. The summed E-state index contributed by atoms with van der Waals surface area (Å²) in [5, 5.41) is 7.53. The summed E-state index contributed by atoms with van der Waals surface area (Å²) in [6, 6.07) is 7.24. The second kappa shape index (κ2) is 8.31. The van der Waals surface area contributed by atoms with E-state index in [4.69, 9.17) is 4.52 Å². The lowest BCUT2D eigenvalue weighted by Gasteiger charge is -2.10.